The van der Waals surface area contributed by atoms with E-state index in [1.54, 1.807) is 0 Å². The second-order valence-corrected chi connectivity index (χ2v) is 6.37. The highest BCUT2D eigenvalue weighted by Crippen LogP contribution is 2.39. The zero-order chi connectivity index (χ0) is 14.4. The minimum Gasteiger partial charge on any atom is -0.338 e. The van der Waals surface area contributed by atoms with E-state index >= 15 is 0 Å². The zero-order valence-corrected chi connectivity index (χ0v) is 12.3. The van der Waals surface area contributed by atoms with Crippen molar-refractivity contribution in [3.8, 4) is 0 Å². The molecular weight excluding hydrogens is 250 g/mol. The highest BCUT2D eigenvalue weighted by molar-refractivity contribution is 5.36. The molecule has 0 amide bonds. The van der Waals surface area contributed by atoms with Crippen LogP contribution in [0.15, 0.2) is 28.8 Å². The Morgan fingerprint density at radius 2 is 1.95 bits per heavy atom. The molecule has 106 valence electrons. The lowest BCUT2D eigenvalue weighted by Gasteiger charge is -2.34. The Hall–Kier alpha value is -1.68. The Balaban J connectivity index is 1.98. The summed E-state index contributed by atoms with van der Waals surface area (Å²) in [4.78, 5) is 4.59. The lowest BCUT2D eigenvalue weighted by molar-refractivity contribution is 0.228. The van der Waals surface area contributed by atoms with E-state index in [1.165, 1.54) is 11.1 Å². The molecule has 1 heterocycles. The number of nitrogens with zero attached hydrogens (tertiary/aromatic N) is 2. The molecule has 0 spiro atoms. The van der Waals surface area contributed by atoms with Gasteiger partial charge in [0, 0.05) is 0 Å². The van der Waals surface area contributed by atoms with E-state index in [-0.39, 0.29) is 11.0 Å². The van der Waals surface area contributed by atoms with E-state index < -0.39 is 0 Å². The average Bonchev–Trinajstić information content (AvgIpc) is 2.87. The van der Waals surface area contributed by atoms with Crippen molar-refractivity contribution in [1.82, 2.24) is 10.1 Å². The Labute approximate surface area is 119 Å². The van der Waals surface area contributed by atoms with Crippen LogP contribution in [0.2, 0.25) is 0 Å². The van der Waals surface area contributed by atoms with Crippen LogP contribution in [0.5, 0.6) is 0 Å². The first-order chi connectivity index (χ1) is 9.43. The van der Waals surface area contributed by atoms with E-state index in [0.717, 1.165) is 19.3 Å². The van der Waals surface area contributed by atoms with Crippen LogP contribution in [-0.2, 0) is 11.0 Å². The summed E-state index contributed by atoms with van der Waals surface area (Å²) >= 11 is 0. The summed E-state index contributed by atoms with van der Waals surface area (Å²) in [5.74, 6) is 1.29. The summed E-state index contributed by atoms with van der Waals surface area (Å²) in [6.07, 6.45) is 3.02. The molecule has 20 heavy (non-hydrogen) atoms. The zero-order valence-electron chi connectivity index (χ0n) is 12.3. The summed E-state index contributed by atoms with van der Waals surface area (Å²) in [7, 11) is 0. The number of nitrogens with two attached hydrogens (primary N) is 1. The monoisotopic (exact) mass is 271 g/mol. The molecular formula is C16H21N3O. The molecule has 0 saturated heterocycles. The van der Waals surface area contributed by atoms with Crippen molar-refractivity contribution in [2.75, 3.05) is 0 Å². The molecule has 0 aliphatic heterocycles. The lowest BCUT2D eigenvalue weighted by Crippen LogP contribution is -2.44. The minimum absolute atomic E-state index is 0.309. The molecule has 0 atom stereocenters. The van der Waals surface area contributed by atoms with Gasteiger partial charge in [-0.25, -0.2) is 0 Å². The number of hydrogen-bond acceptors (Lipinski definition) is 4. The van der Waals surface area contributed by atoms with Gasteiger partial charge in [0.25, 0.3) is 0 Å². The Bertz CT molecular complexity index is 626. The van der Waals surface area contributed by atoms with Gasteiger partial charge in [0.05, 0.1) is 11.0 Å². The van der Waals surface area contributed by atoms with Gasteiger partial charge in [-0.3, -0.25) is 0 Å². The van der Waals surface area contributed by atoms with Gasteiger partial charge in [0.2, 0.25) is 5.89 Å². The van der Waals surface area contributed by atoms with Crippen molar-refractivity contribution in [1.29, 1.82) is 0 Å². The van der Waals surface area contributed by atoms with Gasteiger partial charge in [-0.15, -0.1) is 0 Å². The van der Waals surface area contributed by atoms with Crippen LogP contribution in [0.4, 0.5) is 0 Å². The molecule has 2 aromatic rings. The fourth-order valence-corrected chi connectivity index (χ4v) is 2.85. The van der Waals surface area contributed by atoms with Gasteiger partial charge in [-0.1, -0.05) is 29.4 Å². The standard InChI is InChI=1S/C16H21N3O/c1-11-7-4-5-8-12(11)15(2,3)14-18-13(19-20-14)16(17)9-6-10-16/h4-5,7-8H,6,9-10,17H2,1-3H3. The first-order valence-electron chi connectivity index (χ1n) is 7.13. The van der Waals surface area contributed by atoms with Crippen molar-refractivity contribution in [2.45, 2.75) is 51.0 Å². The maximum atomic E-state index is 6.26. The maximum Gasteiger partial charge on any atom is 0.236 e. The topological polar surface area (TPSA) is 64.9 Å². The molecule has 1 aromatic heterocycles. The van der Waals surface area contributed by atoms with Crippen LogP contribution in [0.1, 0.15) is 56.0 Å². The first kappa shape index (κ1) is 13.3. The first-order valence-corrected chi connectivity index (χ1v) is 7.13. The van der Waals surface area contributed by atoms with Gasteiger partial charge < -0.3 is 10.3 Å². The molecule has 0 radical (unpaired) electrons. The highest BCUT2D eigenvalue weighted by Gasteiger charge is 2.41. The Morgan fingerprint density at radius 1 is 1.25 bits per heavy atom. The van der Waals surface area contributed by atoms with Gasteiger partial charge in [0.1, 0.15) is 0 Å². The molecule has 1 aliphatic carbocycles. The molecule has 0 bridgehead atoms. The third-order valence-electron chi connectivity index (χ3n) is 4.47. The van der Waals surface area contributed by atoms with Crippen molar-refractivity contribution < 1.29 is 4.52 Å². The van der Waals surface area contributed by atoms with Crippen molar-refractivity contribution >= 4 is 0 Å². The predicted octanol–water partition coefficient (Wildman–Crippen LogP) is 3.04. The number of rotatable bonds is 3. The van der Waals surface area contributed by atoms with Crippen LogP contribution in [0.3, 0.4) is 0 Å². The smallest absolute Gasteiger partial charge is 0.236 e. The van der Waals surface area contributed by atoms with Crippen LogP contribution >= 0.6 is 0 Å². The predicted molar refractivity (Wildman–Crippen MR) is 77.3 cm³/mol. The van der Waals surface area contributed by atoms with E-state index in [2.05, 4.69) is 43.0 Å². The highest BCUT2D eigenvalue weighted by atomic mass is 16.5. The summed E-state index contributed by atoms with van der Waals surface area (Å²) < 4.78 is 5.52. The average molecular weight is 271 g/mol. The Kier molecular flexibility index (Phi) is 2.94. The maximum absolute atomic E-state index is 6.26. The lowest BCUT2D eigenvalue weighted by atomic mass is 9.77. The van der Waals surface area contributed by atoms with E-state index in [1.807, 2.05) is 12.1 Å². The van der Waals surface area contributed by atoms with E-state index in [4.69, 9.17) is 10.3 Å². The molecule has 4 heteroatoms. The van der Waals surface area contributed by atoms with E-state index in [9.17, 15) is 0 Å². The van der Waals surface area contributed by atoms with Crippen molar-refractivity contribution in [3.63, 3.8) is 0 Å². The number of aromatic nitrogens is 2. The molecule has 4 nitrogen and oxygen atoms in total. The number of hydrogen-bond donors (Lipinski definition) is 1. The SMILES string of the molecule is Cc1ccccc1C(C)(C)c1nc(C2(N)CCC2)no1. The second kappa shape index (κ2) is 4.42. The van der Waals surface area contributed by atoms with Gasteiger partial charge in [-0.05, 0) is 51.2 Å². The fourth-order valence-electron chi connectivity index (χ4n) is 2.85. The summed E-state index contributed by atoms with van der Waals surface area (Å²) in [5.41, 5.74) is 8.01. The second-order valence-electron chi connectivity index (χ2n) is 6.37. The molecule has 1 saturated carbocycles. The number of aryl methyl sites for hydroxylation is 1. The van der Waals surface area contributed by atoms with Crippen molar-refractivity contribution in [2.24, 2.45) is 5.73 Å². The summed E-state index contributed by atoms with van der Waals surface area (Å²) in [6.45, 7) is 6.32. The van der Waals surface area contributed by atoms with Gasteiger partial charge >= 0.3 is 0 Å². The molecule has 2 N–H and O–H groups in total. The van der Waals surface area contributed by atoms with E-state index in [0.29, 0.717) is 11.7 Å². The van der Waals surface area contributed by atoms with Crippen LogP contribution in [0.25, 0.3) is 0 Å². The summed E-state index contributed by atoms with van der Waals surface area (Å²) in [5, 5.41) is 4.12. The molecule has 0 unspecified atom stereocenters. The quantitative estimate of drug-likeness (QED) is 0.931. The number of benzene rings is 1. The Morgan fingerprint density at radius 3 is 2.55 bits per heavy atom. The van der Waals surface area contributed by atoms with Crippen LogP contribution in [-0.4, -0.2) is 10.1 Å². The van der Waals surface area contributed by atoms with Crippen LogP contribution < -0.4 is 5.73 Å². The van der Waals surface area contributed by atoms with Crippen LogP contribution in [0, 0.1) is 6.92 Å². The minimum atomic E-state index is -0.371. The third-order valence-corrected chi connectivity index (χ3v) is 4.47. The fraction of sp³-hybridized carbons (Fsp3) is 0.500. The molecule has 1 aliphatic rings. The largest absolute Gasteiger partial charge is 0.338 e. The molecule has 1 aromatic carbocycles. The molecule has 1 fully saturated rings. The third kappa shape index (κ3) is 1.95. The van der Waals surface area contributed by atoms with Crippen molar-refractivity contribution in [3.05, 3.63) is 47.1 Å². The molecule has 3 rings (SSSR count). The van der Waals surface area contributed by atoms with Gasteiger partial charge in [0.15, 0.2) is 5.82 Å². The van der Waals surface area contributed by atoms with Gasteiger partial charge in [-0.2, -0.15) is 4.98 Å². The normalized spacial score (nSPS) is 17.8. The summed E-state index contributed by atoms with van der Waals surface area (Å²) in [6, 6.07) is 8.29.